The fourth-order valence-electron chi connectivity index (χ4n) is 4.34. The topological polar surface area (TPSA) is 67.8 Å². The third-order valence-electron chi connectivity index (χ3n) is 6.10. The molecule has 2 aliphatic heterocycles. The summed E-state index contributed by atoms with van der Waals surface area (Å²) < 4.78 is 54.4. The highest BCUT2D eigenvalue weighted by atomic mass is 35.5. The van der Waals surface area contributed by atoms with Gasteiger partial charge < -0.3 is 10.2 Å². The molecule has 0 aromatic heterocycles. The molecule has 35 heavy (non-hydrogen) atoms. The first-order chi connectivity index (χ1) is 16.6. The number of carbonyl (C=O) groups excluding carboxylic acids is 1. The number of halogens is 5. The molecule has 5 rings (SSSR count). The van der Waals surface area contributed by atoms with Crippen molar-refractivity contribution < 1.29 is 27.0 Å². The van der Waals surface area contributed by atoms with Crippen molar-refractivity contribution in [2.45, 2.75) is 24.2 Å². The summed E-state index contributed by atoms with van der Waals surface area (Å²) in [5.41, 5.74) is -2.14. The first-order valence-electron chi connectivity index (χ1n) is 10.5. The van der Waals surface area contributed by atoms with E-state index in [1.165, 1.54) is 18.2 Å². The number of fused-ring (bicyclic) bond motifs is 1. The van der Waals surface area contributed by atoms with Gasteiger partial charge in [-0.1, -0.05) is 58.7 Å². The molecular formula is C24H17Cl2F3N2O3S. The lowest BCUT2D eigenvalue weighted by Crippen LogP contribution is -2.50. The predicted molar refractivity (Wildman–Crippen MR) is 130 cm³/mol. The van der Waals surface area contributed by atoms with Crippen LogP contribution < -0.4 is 5.32 Å². The van der Waals surface area contributed by atoms with Crippen molar-refractivity contribution in [3.8, 4) is 0 Å². The second-order valence-corrected chi connectivity index (χ2v) is 10.9. The zero-order chi connectivity index (χ0) is 25.0. The fraction of sp³-hybridized carbons (Fsp3) is 0.250. The van der Waals surface area contributed by atoms with E-state index in [0.717, 1.165) is 0 Å². The summed E-state index contributed by atoms with van der Waals surface area (Å²) in [5, 5.41) is 7.90. The minimum Gasteiger partial charge on any atom is -0.374 e. The van der Waals surface area contributed by atoms with Gasteiger partial charge >= 0.3 is 6.18 Å². The van der Waals surface area contributed by atoms with E-state index in [9.17, 15) is 22.2 Å². The van der Waals surface area contributed by atoms with Crippen LogP contribution in [0.2, 0.25) is 10.0 Å². The second kappa shape index (κ2) is 8.80. The number of oxime groups is 1. The smallest absolute Gasteiger partial charge is 0.374 e. The molecule has 0 radical (unpaired) electrons. The van der Waals surface area contributed by atoms with E-state index in [4.69, 9.17) is 28.0 Å². The Balaban J connectivity index is 1.52. The number of hydrogen-bond acceptors (Lipinski definition) is 4. The molecule has 1 fully saturated rings. The SMILES string of the molecule is O=C(NC1CS(=O)C1)c1cccc2c(C3=NOC(c4cc(Cl)cc(Cl)c4)(C(F)(F)F)C3)cccc12. The van der Waals surface area contributed by atoms with Crippen molar-refractivity contribution in [3.05, 3.63) is 81.3 Å². The van der Waals surface area contributed by atoms with Crippen LogP contribution in [0.15, 0.2) is 59.8 Å². The van der Waals surface area contributed by atoms with E-state index in [1.807, 2.05) is 0 Å². The van der Waals surface area contributed by atoms with E-state index in [2.05, 4.69) is 10.5 Å². The standard InChI is InChI=1S/C24H17Cl2F3N2O3S/c25-14-7-13(8-15(26)9-14)23(24(27,28)29)10-21(31-34-23)19-5-1-4-18-17(19)3-2-6-20(18)22(32)30-16-11-35(33)12-16/h1-9,16H,10-12H2,(H,30,32). The Hall–Kier alpha value is -2.62. The molecule has 5 nitrogen and oxygen atoms in total. The Kier molecular flexibility index (Phi) is 6.05. The summed E-state index contributed by atoms with van der Waals surface area (Å²) in [4.78, 5) is 18.0. The third-order valence-corrected chi connectivity index (χ3v) is 8.09. The zero-order valence-electron chi connectivity index (χ0n) is 17.9. The highest BCUT2D eigenvalue weighted by Crippen LogP contribution is 2.50. The fourth-order valence-corrected chi connectivity index (χ4v) is 5.83. The summed E-state index contributed by atoms with van der Waals surface area (Å²) in [6.07, 6.45) is -5.42. The molecule has 1 atom stereocenters. The van der Waals surface area contributed by atoms with Crippen LogP contribution in [0, 0.1) is 0 Å². The quantitative estimate of drug-likeness (QED) is 0.469. The van der Waals surface area contributed by atoms with Gasteiger partial charge in [-0.3, -0.25) is 9.00 Å². The van der Waals surface area contributed by atoms with Gasteiger partial charge in [0.05, 0.1) is 11.8 Å². The number of carbonyl (C=O) groups is 1. The number of nitrogens with zero attached hydrogens (tertiary/aromatic N) is 1. The van der Waals surface area contributed by atoms with Gasteiger partial charge in [-0.15, -0.1) is 0 Å². The maximum Gasteiger partial charge on any atom is 0.435 e. The molecule has 1 N–H and O–H groups in total. The van der Waals surface area contributed by atoms with Gasteiger partial charge in [0, 0.05) is 55.5 Å². The van der Waals surface area contributed by atoms with Gasteiger partial charge in [0.25, 0.3) is 11.5 Å². The van der Waals surface area contributed by atoms with Crippen molar-refractivity contribution in [2.24, 2.45) is 5.16 Å². The molecule has 1 amide bonds. The maximum atomic E-state index is 14.4. The van der Waals surface area contributed by atoms with Crippen LogP contribution in [0.25, 0.3) is 10.8 Å². The molecule has 0 bridgehead atoms. The van der Waals surface area contributed by atoms with Crippen molar-refractivity contribution in [1.29, 1.82) is 0 Å². The molecule has 11 heteroatoms. The Morgan fingerprint density at radius 1 is 1.06 bits per heavy atom. The average Bonchev–Trinajstić information content (AvgIpc) is 3.23. The Bertz CT molecular complexity index is 1380. The van der Waals surface area contributed by atoms with E-state index in [1.54, 1.807) is 36.4 Å². The summed E-state index contributed by atoms with van der Waals surface area (Å²) in [6.45, 7) is 0. The Labute approximate surface area is 210 Å². The lowest BCUT2D eigenvalue weighted by atomic mass is 9.85. The molecular weight excluding hydrogens is 524 g/mol. The normalized spacial score (nSPS) is 24.0. The van der Waals surface area contributed by atoms with Crippen molar-refractivity contribution in [2.75, 3.05) is 11.5 Å². The summed E-state index contributed by atoms with van der Waals surface area (Å²) in [6, 6.07) is 13.5. The van der Waals surface area contributed by atoms with Gasteiger partial charge in [-0.25, -0.2) is 0 Å². The van der Waals surface area contributed by atoms with Crippen molar-refractivity contribution in [1.82, 2.24) is 5.32 Å². The molecule has 2 aliphatic rings. The maximum absolute atomic E-state index is 14.4. The number of alkyl halides is 3. The van der Waals surface area contributed by atoms with Crippen LogP contribution in [0.3, 0.4) is 0 Å². The number of rotatable bonds is 4. The largest absolute Gasteiger partial charge is 0.435 e. The Morgan fingerprint density at radius 2 is 1.71 bits per heavy atom. The van der Waals surface area contributed by atoms with Crippen molar-refractivity contribution >= 4 is 56.4 Å². The molecule has 0 saturated carbocycles. The lowest BCUT2D eigenvalue weighted by molar-refractivity contribution is -0.275. The third kappa shape index (κ3) is 4.30. The van der Waals surface area contributed by atoms with Crippen LogP contribution in [-0.2, 0) is 21.2 Å². The second-order valence-electron chi connectivity index (χ2n) is 8.44. The molecule has 0 spiro atoms. The van der Waals surface area contributed by atoms with Crippen molar-refractivity contribution in [3.63, 3.8) is 0 Å². The van der Waals surface area contributed by atoms with Gasteiger partial charge in [-0.05, 0) is 35.0 Å². The molecule has 3 aromatic carbocycles. The predicted octanol–water partition coefficient (Wildman–Crippen LogP) is 5.59. The van der Waals surface area contributed by atoms with Crippen LogP contribution >= 0.6 is 23.2 Å². The van der Waals surface area contributed by atoms with E-state index in [0.29, 0.717) is 33.4 Å². The van der Waals surface area contributed by atoms with E-state index < -0.39 is 29.0 Å². The summed E-state index contributed by atoms with van der Waals surface area (Å²) in [7, 11) is -0.914. The highest BCUT2D eigenvalue weighted by molar-refractivity contribution is 7.86. The lowest BCUT2D eigenvalue weighted by Gasteiger charge is -2.29. The zero-order valence-corrected chi connectivity index (χ0v) is 20.2. The first-order valence-corrected chi connectivity index (χ1v) is 12.8. The summed E-state index contributed by atoms with van der Waals surface area (Å²) in [5.74, 6) is 0.476. The average molecular weight is 541 g/mol. The monoisotopic (exact) mass is 540 g/mol. The van der Waals surface area contributed by atoms with E-state index >= 15 is 0 Å². The van der Waals surface area contributed by atoms with Crippen LogP contribution in [-0.4, -0.2) is 39.6 Å². The van der Waals surface area contributed by atoms with Gasteiger partial charge in [-0.2, -0.15) is 13.2 Å². The van der Waals surface area contributed by atoms with Crippen LogP contribution in [0.5, 0.6) is 0 Å². The van der Waals surface area contributed by atoms with E-state index in [-0.39, 0.29) is 33.3 Å². The number of benzene rings is 3. The number of amides is 1. The highest BCUT2D eigenvalue weighted by Gasteiger charge is 2.62. The molecule has 2 heterocycles. The van der Waals surface area contributed by atoms with Crippen LogP contribution in [0.1, 0.15) is 27.9 Å². The van der Waals surface area contributed by atoms with Gasteiger partial charge in [0.2, 0.25) is 0 Å². The molecule has 3 aromatic rings. The summed E-state index contributed by atoms with van der Waals surface area (Å²) >= 11 is 12.0. The number of nitrogens with one attached hydrogen (secondary N) is 1. The van der Waals surface area contributed by atoms with Gasteiger partial charge in [0.15, 0.2) is 0 Å². The first kappa shape index (κ1) is 24.1. The minimum atomic E-state index is -4.81. The van der Waals surface area contributed by atoms with Crippen LogP contribution in [0.4, 0.5) is 13.2 Å². The molecule has 1 unspecified atom stereocenters. The molecule has 0 aliphatic carbocycles. The molecule has 1 saturated heterocycles. The molecule has 182 valence electrons. The number of hydrogen-bond donors (Lipinski definition) is 1. The van der Waals surface area contributed by atoms with Gasteiger partial charge in [0.1, 0.15) is 0 Å². The Morgan fingerprint density at radius 3 is 2.37 bits per heavy atom. The minimum absolute atomic E-state index is 0.0456.